The fourth-order valence-corrected chi connectivity index (χ4v) is 3.70. The van der Waals surface area contributed by atoms with Crippen LogP contribution >= 0.6 is 0 Å². The molecular formula is C23H22N6O3. The topological polar surface area (TPSA) is 108 Å². The molecular weight excluding hydrogens is 408 g/mol. The minimum atomic E-state index is -0.0596. The Balaban J connectivity index is 1.43. The molecule has 0 radical (unpaired) electrons. The second-order valence-corrected chi connectivity index (χ2v) is 7.61. The quantitative estimate of drug-likeness (QED) is 0.497. The summed E-state index contributed by atoms with van der Waals surface area (Å²) in [4.78, 5) is 21.2. The van der Waals surface area contributed by atoms with Gasteiger partial charge in [-0.2, -0.15) is 0 Å². The molecule has 0 spiro atoms. The van der Waals surface area contributed by atoms with Gasteiger partial charge >= 0.3 is 0 Å². The zero-order valence-corrected chi connectivity index (χ0v) is 17.6. The number of hydrogen-bond donors (Lipinski definition) is 1. The zero-order chi connectivity index (χ0) is 21.9. The fraction of sp³-hybridized carbons (Fsp3) is 0.261. The largest absolute Gasteiger partial charge is 0.415 e. The molecule has 3 aromatic heterocycles. The van der Waals surface area contributed by atoms with Gasteiger partial charge in [-0.05, 0) is 37.2 Å². The van der Waals surface area contributed by atoms with Gasteiger partial charge in [-0.25, -0.2) is 4.98 Å². The first-order valence-electron chi connectivity index (χ1n) is 10.4. The van der Waals surface area contributed by atoms with E-state index in [1.165, 1.54) is 5.56 Å². The third-order valence-corrected chi connectivity index (χ3v) is 5.39. The first-order valence-corrected chi connectivity index (χ1v) is 10.4. The van der Waals surface area contributed by atoms with Crippen LogP contribution < -0.4 is 10.9 Å². The van der Waals surface area contributed by atoms with Crippen LogP contribution in [0.2, 0.25) is 0 Å². The Morgan fingerprint density at radius 1 is 1.03 bits per heavy atom. The molecule has 0 bridgehead atoms. The summed E-state index contributed by atoms with van der Waals surface area (Å²) in [6.45, 7) is 1.99. The Hall–Kier alpha value is -3.69. The van der Waals surface area contributed by atoms with Crippen LogP contribution in [0.15, 0.2) is 64.2 Å². The third-order valence-electron chi connectivity index (χ3n) is 5.39. The van der Waals surface area contributed by atoms with Gasteiger partial charge in [0.2, 0.25) is 5.89 Å². The van der Waals surface area contributed by atoms with Crippen molar-refractivity contribution in [2.45, 2.75) is 19.0 Å². The monoisotopic (exact) mass is 430 g/mol. The van der Waals surface area contributed by atoms with Crippen LogP contribution in [-0.4, -0.2) is 45.0 Å². The molecule has 0 saturated carbocycles. The van der Waals surface area contributed by atoms with E-state index < -0.39 is 0 Å². The van der Waals surface area contributed by atoms with Gasteiger partial charge in [0.25, 0.3) is 11.4 Å². The van der Waals surface area contributed by atoms with Crippen molar-refractivity contribution in [3.8, 4) is 34.3 Å². The van der Waals surface area contributed by atoms with Gasteiger partial charge in [0.15, 0.2) is 0 Å². The van der Waals surface area contributed by atoms with Crippen LogP contribution in [0, 0.1) is 0 Å². The minimum absolute atomic E-state index is 0.0385. The Labute approximate surface area is 184 Å². The number of rotatable bonds is 6. The van der Waals surface area contributed by atoms with Crippen molar-refractivity contribution in [3.05, 3.63) is 70.9 Å². The normalized spacial score (nSPS) is 15.8. The summed E-state index contributed by atoms with van der Waals surface area (Å²) in [5, 5.41) is 11.4. The van der Waals surface area contributed by atoms with Gasteiger partial charge < -0.3 is 19.0 Å². The molecule has 9 nitrogen and oxygen atoms in total. The number of nitrogens with one attached hydrogen (secondary N) is 1. The molecule has 1 unspecified atom stereocenters. The van der Waals surface area contributed by atoms with E-state index in [4.69, 9.17) is 9.15 Å². The second-order valence-electron chi connectivity index (χ2n) is 7.61. The summed E-state index contributed by atoms with van der Waals surface area (Å²) in [5.41, 5.74) is 3.81. The van der Waals surface area contributed by atoms with Gasteiger partial charge in [-0.3, -0.25) is 9.78 Å². The molecule has 0 amide bonds. The van der Waals surface area contributed by atoms with E-state index in [9.17, 15) is 4.79 Å². The molecule has 32 heavy (non-hydrogen) atoms. The average molecular weight is 430 g/mol. The number of benzene rings is 1. The molecule has 9 heteroatoms. The third kappa shape index (κ3) is 4.08. The highest BCUT2D eigenvalue weighted by molar-refractivity contribution is 5.61. The highest BCUT2D eigenvalue weighted by Crippen LogP contribution is 2.25. The molecule has 162 valence electrons. The number of nitrogens with zero attached hydrogens (tertiary/aromatic N) is 5. The Morgan fingerprint density at radius 2 is 1.81 bits per heavy atom. The average Bonchev–Trinajstić information content (AvgIpc) is 3.53. The fourth-order valence-electron chi connectivity index (χ4n) is 3.70. The Bertz CT molecular complexity index is 1280. The van der Waals surface area contributed by atoms with Crippen LogP contribution in [0.1, 0.15) is 18.0 Å². The highest BCUT2D eigenvalue weighted by Gasteiger charge is 2.19. The van der Waals surface area contributed by atoms with E-state index >= 15 is 0 Å². The molecule has 1 aliphatic rings. The van der Waals surface area contributed by atoms with Crippen molar-refractivity contribution in [1.29, 1.82) is 0 Å². The SMILES string of the molecule is CNCc1ccc(-c2nnc(-c3cncc(-c4ccc(=O)n(C5CCOC5)c4)n3)o2)cc1. The van der Waals surface area contributed by atoms with Crippen molar-refractivity contribution in [2.75, 3.05) is 20.3 Å². The molecule has 5 rings (SSSR count). The van der Waals surface area contributed by atoms with Crippen molar-refractivity contribution < 1.29 is 9.15 Å². The lowest BCUT2D eigenvalue weighted by atomic mass is 10.1. The number of aromatic nitrogens is 5. The van der Waals surface area contributed by atoms with Gasteiger partial charge in [0, 0.05) is 36.5 Å². The summed E-state index contributed by atoms with van der Waals surface area (Å²) < 4.78 is 13.0. The van der Waals surface area contributed by atoms with E-state index in [0.717, 1.165) is 24.1 Å². The van der Waals surface area contributed by atoms with E-state index in [2.05, 4.69) is 25.5 Å². The number of ether oxygens (including phenoxy) is 1. The lowest BCUT2D eigenvalue weighted by Gasteiger charge is -2.13. The minimum Gasteiger partial charge on any atom is -0.415 e. The summed E-state index contributed by atoms with van der Waals surface area (Å²) in [7, 11) is 1.91. The van der Waals surface area contributed by atoms with Crippen molar-refractivity contribution in [1.82, 2.24) is 30.0 Å². The summed E-state index contributed by atoms with van der Waals surface area (Å²) in [6.07, 6.45) is 5.85. The summed E-state index contributed by atoms with van der Waals surface area (Å²) in [6, 6.07) is 11.3. The first-order chi connectivity index (χ1) is 15.7. The van der Waals surface area contributed by atoms with E-state index in [1.54, 1.807) is 35.3 Å². The molecule has 1 atom stereocenters. The maximum Gasteiger partial charge on any atom is 0.268 e. The van der Waals surface area contributed by atoms with E-state index in [1.807, 2.05) is 31.3 Å². The van der Waals surface area contributed by atoms with E-state index in [-0.39, 0.29) is 17.5 Å². The predicted octanol–water partition coefficient (Wildman–Crippen LogP) is 2.70. The molecule has 1 aliphatic heterocycles. The Kier molecular flexibility index (Phi) is 5.57. The molecule has 1 fully saturated rings. The highest BCUT2D eigenvalue weighted by atomic mass is 16.5. The molecule has 1 aromatic carbocycles. The van der Waals surface area contributed by atoms with Crippen molar-refractivity contribution >= 4 is 0 Å². The van der Waals surface area contributed by atoms with Crippen molar-refractivity contribution in [2.24, 2.45) is 0 Å². The lowest BCUT2D eigenvalue weighted by molar-refractivity contribution is 0.186. The molecule has 0 aliphatic carbocycles. The smallest absolute Gasteiger partial charge is 0.268 e. The van der Waals surface area contributed by atoms with Crippen LogP contribution in [0.4, 0.5) is 0 Å². The molecule has 4 aromatic rings. The molecule has 4 heterocycles. The standard InChI is InChI=1S/C23H22N6O3/c1-24-10-15-2-4-16(5-3-15)22-27-28-23(32-22)20-12-25-11-19(26-20)17-6-7-21(30)29(13-17)18-8-9-31-14-18/h2-7,11-13,18,24H,8-10,14H2,1H3. The number of hydrogen-bond acceptors (Lipinski definition) is 8. The second kappa shape index (κ2) is 8.81. The van der Waals surface area contributed by atoms with Crippen LogP contribution in [0.3, 0.4) is 0 Å². The van der Waals surface area contributed by atoms with Crippen LogP contribution in [0.5, 0.6) is 0 Å². The van der Waals surface area contributed by atoms with Crippen molar-refractivity contribution in [3.63, 3.8) is 0 Å². The lowest BCUT2D eigenvalue weighted by Crippen LogP contribution is -2.23. The van der Waals surface area contributed by atoms with Gasteiger partial charge in [0.05, 0.1) is 30.7 Å². The van der Waals surface area contributed by atoms with Crippen LogP contribution in [-0.2, 0) is 11.3 Å². The van der Waals surface area contributed by atoms with Gasteiger partial charge in [-0.1, -0.05) is 12.1 Å². The maximum atomic E-state index is 12.3. The van der Waals surface area contributed by atoms with Gasteiger partial charge in [-0.15, -0.1) is 10.2 Å². The molecule has 1 saturated heterocycles. The van der Waals surface area contributed by atoms with Crippen LogP contribution in [0.25, 0.3) is 34.3 Å². The zero-order valence-electron chi connectivity index (χ0n) is 17.6. The first kappa shape index (κ1) is 20.2. The Morgan fingerprint density at radius 3 is 2.59 bits per heavy atom. The maximum absolute atomic E-state index is 12.3. The number of pyridine rings is 1. The van der Waals surface area contributed by atoms with Gasteiger partial charge in [0.1, 0.15) is 5.69 Å². The predicted molar refractivity (Wildman–Crippen MR) is 118 cm³/mol. The van der Waals surface area contributed by atoms with E-state index in [0.29, 0.717) is 30.5 Å². The summed E-state index contributed by atoms with van der Waals surface area (Å²) in [5.74, 6) is 0.698. The summed E-state index contributed by atoms with van der Waals surface area (Å²) >= 11 is 0. The molecule has 1 N–H and O–H groups in total.